The number of alkyl carbamates (subject to hydrolysis) is 1. The number of carbonyl (C=O) groups excluding carboxylic acids is 3. The van der Waals surface area contributed by atoms with Crippen LogP contribution in [0.1, 0.15) is 37.0 Å². The van der Waals surface area contributed by atoms with E-state index in [4.69, 9.17) is 14.7 Å². The van der Waals surface area contributed by atoms with Gasteiger partial charge in [-0.3, -0.25) is 9.59 Å². The lowest BCUT2D eigenvalue weighted by Gasteiger charge is -2.31. The zero-order valence-electron chi connectivity index (χ0n) is 27.1. The summed E-state index contributed by atoms with van der Waals surface area (Å²) < 4.78 is 38.6. The first-order chi connectivity index (χ1) is 22.9. The van der Waals surface area contributed by atoms with Crippen molar-refractivity contribution in [3.63, 3.8) is 0 Å². The molecule has 0 bridgehead atoms. The molecule has 0 aliphatic heterocycles. The summed E-state index contributed by atoms with van der Waals surface area (Å²) in [5.74, 6) is -1.70. The third-order valence-electron chi connectivity index (χ3n) is 7.19. The maximum Gasteiger partial charge on any atom is 0.408 e. The molecule has 4 N–H and O–H groups in total. The molecule has 0 heterocycles. The molecule has 0 radical (unpaired) electrons. The number of esters is 1. The number of rotatable bonds is 17. The Labute approximate surface area is 280 Å². The molecule has 2 amide bonds. The van der Waals surface area contributed by atoms with Gasteiger partial charge in [0.15, 0.2) is 0 Å². The van der Waals surface area contributed by atoms with Crippen molar-refractivity contribution in [1.82, 2.24) is 14.9 Å². The monoisotopic (exact) mass is 682 g/mol. The number of nitrogens with one attached hydrogen (secondary N) is 2. The highest BCUT2D eigenvalue weighted by molar-refractivity contribution is 7.89. The van der Waals surface area contributed by atoms with Crippen molar-refractivity contribution < 1.29 is 42.6 Å². The Morgan fingerprint density at radius 3 is 2.06 bits per heavy atom. The lowest BCUT2D eigenvalue weighted by atomic mass is 10.00. The van der Waals surface area contributed by atoms with Gasteiger partial charge in [-0.1, -0.05) is 91.8 Å². The second kappa shape index (κ2) is 18.5. The quantitative estimate of drug-likeness (QED) is 0.0719. The third-order valence-corrected chi connectivity index (χ3v) is 9.04. The fraction of sp³-hybridized carbons (Fsp3) is 0.353. The molecule has 14 heteroatoms. The zero-order valence-corrected chi connectivity index (χ0v) is 27.9. The highest BCUT2D eigenvalue weighted by Crippen LogP contribution is 2.20. The minimum absolute atomic E-state index is 0.0366. The molecule has 48 heavy (non-hydrogen) atoms. The standard InChI is InChI=1S/C34H42N4O9S/c1-24(2)21-38(48(44,45)28-16-14-26(15-17-28)20-35-43)22-31(39)29(18-25-10-6-4-7-11-25)36-33(41)30(19-32(40)46-3)37-34(42)47-23-27-12-8-5-9-13-27/h4-17,20,24,29-31,39,43H,18-19,21-23H2,1-3H3,(H,36,41)(H,37,42)/b35-20+/t29-,30-,31+/m0/s1. The Morgan fingerprint density at radius 2 is 1.50 bits per heavy atom. The number of benzene rings is 3. The van der Waals surface area contributed by atoms with Crippen LogP contribution in [0, 0.1) is 5.92 Å². The minimum Gasteiger partial charge on any atom is -0.469 e. The van der Waals surface area contributed by atoms with E-state index < -0.39 is 52.6 Å². The van der Waals surface area contributed by atoms with Crippen molar-refractivity contribution in [3.8, 4) is 0 Å². The van der Waals surface area contributed by atoms with E-state index in [9.17, 15) is 27.9 Å². The van der Waals surface area contributed by atoms with E-state index >= 15 is 0 Å². The van der Waals surface area contributed by atoms with E-state index in [2.05, 4.69) is 15.8 Å². The first kappa shape index (κ1) is 37.7. The summed E-state index contributed by atoms with van der Waals surface area (Å²) in [6.45, 7) is 3.27. The van der Waals surface area contributed by atoms with Gasteiger partial charge >= 0.3 is 12.1 Å². The summed E-state index contributed by atoms with van der Waals surface area (Å²) in [4.78, 5) is 38.4. The van der Waals surface area contributed by atoms with Crippen molar-refractivity contribution in [2.24, 2.45) is 11.1 Å². The number of sulfonamides is 1. The molecule has 0 fully saturated rings. The van der Waals surface area contributed by atoms with Gasteiger partial charge in [-0.25, -0.2) is 13.2 Å². The van der Waals surface area contributed by atoms with Gasteiger partial charge in [0, 0.05) is 13.1 Å². The summed E-state index contributed by atoms with van der Waals surface area (Å²) in [5, 5.41) is 28.4. The van der Waals surface area contributed by atoms with Crippen molar-refractivity contribution >= 4 is 34.2 Å². The number of carbonyl (C=O) groups is 3. The molecular weight excluding hydrogens is 640 g/mol. The number of amides is 2. The maximum absolute atomic E-state index is 13.8. The van der Waals surface area contributed by atoms with Gasteiger partial charge < -0.3 is 30.4 Å². The fourth-order valence-corrected chi connectivity index (χ4v) is 6.38. The van der Waals surface area contributed by atoms with E-state index in [-0.39, 0.29) is 36.9 Å². The second-order valence-electron chi connectivity index (χ2n) is 11.4. The van der Waals surface area contributed by atoms with Gasteiger partial charge in [-0.15, -0.1) is 0 Å². The number of ether oxygens (including phenoxy) is 2. The van der Waals surface area contributed by atoms with Crippen LogP contribution in [0.15, 0.2) is 95.0 Å². The van der Waals surface area contributed by atoms with Gasteiger partial charge in [0.25, 0.3) is 0 Å². The van der Waals surface area contributed by atoms with Crippen molar-refractivity contribution in [2.45, 2.75) is 56.4 Å². The molecule has 0 spiro atoms. The van der Waals surface area contributed by atoms with Gasteiger partial charge in [0.1, 0.15) is 12.6 Å². The number of hydrogen-bond acceptors (Lipinski definition) is 10. The Bertz CT molecular complexity index is 1600. The fourth-order valence-electron chi connectivity index (χ4n) is 4.76. The first-order valence-corrected chi connectivity index (χ1v) is 16.7. The Kier molecular flexibility index (Phi) is 14.5. The lowest BCUT2D eigenvalue weighted by Crippen LogP contribution is -2.56. The number of oxime groups is 1. The maximum atomic E-state index is 13.8. The second-order valence-corrected chi connectivity index (χ2v) is 13.4. The molecule has 0 aliphatic rings. The van der Waals surface area contributed by atoms with Crippen LogP contribution >= 0.6 is 0 Å². The van der Waals surface area contributed by atoms with Crippen molar-refractivity contribution in [1.29, 1.82) is 0 Å². The van der Waals surface area contributed by atoms with Crippen molar-refractivity contribution in [2.75, 3.05) is 20.2 Å². The molecular formula is C34H42N4O9S. The van der Waals surface area contributed by atoms with Crippen LogP contribution in [-0.4, -0.2) is 85.6 Å². The highest BCUT2D eigenvalue weighted by Gasteiger charge is 2.33. The Balaban J connectivity index is 1.85. The van der Waals surface area contributed by atoms with Crippen molar-refractivity contribution in [3.05, 3.63) is 102 Å². The molecule has 0 saturated carbocycles. The van der Waals surface area contributed by atoms with Crippen LogP contribution in [0.25, 0.3) is 0 Å². The van der Waals surface area contributed by atoms with Crippen LogP contribution in [0.4, 0.5) is 4.79 Å². The molecule has 3 aromatic carbocycles. The summed E-state index contributed by atoms with van der Waals surface area (Å²) in [6, 6.07) is 21.1. The molecule has 3 rings (SSSR count). The van der Waals surface area contributed by atoms with Crippen LogP contribution in [0.2, 0.25) is 0 Å². The predicted molar refractivity (Wildman–Crippen MR) is 178 cm³/mol. The minimum atomic E-state index is -4.12. The van der Waals surface area contributed by atoms with E-state index in [0.717, 1.165) is 23.2 Å². The number of aliphatic hydroxyl groups is 1. The molecule has 0 aromatic heterocycles. The summed E-state index contributed by atoms with van der Waals surface area (Å²) in [7, 11) is -2.98. The Hall–Kier alpha value is -4.79. The van der Waals surface area contributed by atoms with E-state index in [1.807, 2.05) is 19.9 Å². The number of hydrogen-bond donors (Lipinski definition) is 4. The van der Waals surface area contributed by atoms with Crippen LogP contribution in [0.5, 0.6) is 0 Å². The zero-order chi connectivity index (χ0) is 35.1. The van der Waals surface area contributed by atoms with Crippen LogP contribution in [0.3, 0.4) is 0 Å². The SMILES string of the molecule is COC(=O)C[C@H](NC(=O)OCc1ccccc1)C(=O)N[C@@H](Cc1ccccc1)[C@H](O)CN(CC(C)C)S(=O)(=O)c1ccc(/C=N/O)cc1. The third kappa shape index (κ3) is 11.8. The smallest absolute Gasteiger partial charge is 0.408 e. The molecule has 0 saturated heterocycles. The van der Waals surface area contributed by atoms with Gasteiger partial charge in [0.2, 0.25) is 15.9 Å². The number of nitrogens with zero attached hydrogens (tertiary/aromatic N) is 2. The van der Waals surface area contributed by atoms with Gasteiger partial charge in [0.05, 0.1) is 36.8 Å². The molecule has 3 atom stereocenters. The van der Waals surface area contributed by atoms with Gasteiger partial charge in [-0.2, -0.15) is 4.31 Å². The number of methoxy groups -OCH3 is 1. The van der Waals surface area contributed by atoms with E-state index in [0.29, 0.717) is 11.1 Å². The normalized spacial score (nSPS) is 13.5. The topological polar surface area (TPSA) is 184 Å². The molecule has 0 unspecified atom stereocenters. The predicted octanol–water partition coefficient (Wildman–Crippen LogP) is 3.09. The van der Waals surface area contributed by atoms with Crippen LogP contribution < -0.4 is 10.6 Å². The average Bonchev–Trinajstić information content (AvgIpc) is 3.07. The largest absolute Gasteiger partial charge is 0.469 e. The molecule has 3 aromatic rings. The molecule has 0 aliphatic carbocycles. The summed E-state index contributed by atoms with van der Waals surface area (Å²) >= 11 is 0. The number of aliphatic hydroxyl groups excluding tert-OH is 1. The lowest BCUT2D eigenvalue weighted by molar-refractivity contribution is -0.143. The summed E-state index contributed by atoms with van der Waals surface area (Å²) in [6.07, 6.45) is -1.64. The van der Waals surface area contributed by atoms with Gasteiger partial charge in [-0.05, 0) is 41.2 Å². The average molecular weight is 683 g/mol. The first-order valence-electron chi connectivity index (χ1n) is 15.3. The Morgan fingerprint density at radius 1 is 0.896 bits per heavy atom. The molecule has 258 valence electrons. The van der Waals surface area contributed by atoms with E-state index in [1.165, 1.54) is 24.3 Å². The summed E-state index contributed by atoms with van der Waals surface area (Å²) in [5.41, 5.74) is 1.93. The van der Waals surface area contributed by atoms with E-state index in [1.54, 1.807) is 54.6 Å². The van der Waals surface area contributed by atoms with Crippen LogP contribution in [-0.2, 0) is 42.1 Å². The molecule has 13 nitrogen and oxygen atoms in total. The highest BCUT2D eigenvalue weighted by atomic mass is 32.2.